The number of rotatable bonds is 3. The third kappa shape index (κ3) is 2.80. The van der Waals surface area contributed by atoms with E-state index in [0.717, 1.165) is 5.52 Å². The van der Waals surface area contributed by atoms with E-state index in [1.165, 1.54) is 0 Å². The molecule has 1 amide bonds. The minimum atomic E-state index is -0.278. The molecule has 0 saturated carbocycles. The van der Waals surface area contributed by atoms with Gasteiger partial charge in [0.05, 0.1) is 17.2 Å². The molecule has 0 spiro atoms. The fourth-order valence-electron chi connectivity index (χ4n) is 3.60. The number of hydrogen-bond donors (Lipinski definition) is 1. The Morgan fingerprint density at radius 2 is 1.86 bits per heavy atom. The SMILES string of the molecule is CCn1c(=O)c2ccnn2c2ccc(C(=O)Nc3ccc4c(c3)OCCO4)cc21. The fraction of sp³-hybridized carbons (Fsp3) is 0.190. The standard InChI is InChI=1S/C21H18N4O4/c1-2-24-17-11-13(3-5-15(17)25-16(21(24)27)7-8-22-25)20(26)23-14-4-6-18-19(12-14)29-10-9-28-18/h3-8,11-12H,2,9-10H2,1H3,(H,23,26). The van der Waals surface area contributed by atoms with Gasteiger partial charge in [-0.05, 0) is 43.3 Å². The summed E-state index contributed by atoms with van der Waals surface area (Å²) in [7, 11) is 0. The minimum Gasteiger partial charge on any atom is -0.486 e. The van der Waals surface area contributed by atoms with Crippen molar-refractivity contribution in [3.63, 3.8) is 0 Å². The normalized spacial score (nSPS) is 13.0. The van der Waals surface area contributed by atoms with Gasteiger partial charge >= 0.3 is 0 Å². The van der Waals surface area contributed by atoms with Gasteiger partial charge in [0.25, 0.3) is 11.5 Å². The van der Waals surface area contributed by atoms with Gasteiger partial charge < -0.3 is 19.4 Å². The maximum atomic E-state index is 12.8. The second-order valence-electron chi connectivity index (χ2n) is 6.69. The number of aromatic nitrogens is 3. The van der Waals surface area contributed by atoms with Crippen molar-refractivity contribution >= 4 is 28.1 Å². The Morgan fingerprint density at radius 1 is 1.03 bits per heavy atom. The highest BCUT2D eigenvalue weighted by Crippen LogP contribution is 2.32. The zero-order valence-corrected chi connectivity index (χ0v) is 15.7. The number of carbonyl (C=O) groups is 1. The van der Waals surface area contributed by atoms with E-state index in [-0.39, 0.29) is 11.5 Å². The second kappa shape index (κ2) is 6.66. The number of fused-ring (bicyclic) bond motifs is 4. The summed E-state index contributed by atoms with van der Waals surface area (Å²) in [5.41, 5.74) is 2.84. The summed E-state index contributed by atoms with van der Waals surface area (Å²) in [5, 5.41) is 7.12. The molecule has 146 valence electrons. The zero-order valence-electron chi connectivity index (χ0n) is 15.7. The van der Waals surface area contributed by atoms with Gasteiger partial charge in [0.2, 0.25) is 0 Å². The van der Waals surface area contributed by atoms with Crippen molar-refractivity contribution in [3.8, 4) is 11.5 Å². The van der Waals surface area contributed by atoms with Crippen LogP contribution in [0.3, 0.4) is 0 Å². The molecular weight excluding hydrogens is 372 g/mol. The van der Waals surface area contributed by atoms with Crippen LogP contribution in [0.25, 0.3) is 16.6 Å². The molecule has 0 radical (unpaired) electrons. The first kappa shape index (κ1) is 17.3. The maximum absolute atomic E-state index is 12.8. The lowest BCUT2D eigenvalue weighted by Crippen LogP contribution is -2.23. The minimum absolute atomic E-state index is 0.137. The summed E-state index contributed by atoms with van der Waals surface area (Å²) in [6.45, 7) is 3.38. The van der Waals surface area contributed by atoms with Crippen molar-refractivity contribution < 1.29 is 14.3 Å². The van der Waals surface area contributed by atoms with Crippen molar-refractivity contribution in [1.82, 2.24) is 14.2 Å². The molecule has 1 aliphatic heterocycles. The Bertz CT molecular complexity index is 1320. The molecule has 0 unspecified atom stereocenters. The molecule has 8 heteroatoms. The lowest BCUT2D eigenvalue weighted by atomic mass is 10.1. The molecule has 0 saturated heterocycles. The highest BCUT2D eigenvalue weighted by atomic mass is 16.6. The van der Waals surface area contributed by atoms with Gasteiger partial charge in [-0.25, -0.2) is 4.52 Å². The number of benzene rings is 2. The number of aryl methyl sites for hydroxylation is 1. The van der Waals surface area contributed by atoms with Gasteiger partial charge in [-0.3, -0.25) is 9.59 Å². The summed E-state index contributed by atoms with van der Waals surface area (Å²) >= 11 is 0. The van der Waals surface area contributed by atoms with Crippen molar-refractivity contribution in [2.75, 3.05) is 18.5 Å². The predicted octanol–water partition coefficient (Wildman–Crippen LogP) is 2.69. The van der Waals surface area contributed by atoms with Gasteiger partial charge in [0, 0.05) is 23.9 Å². The van der Waals surface area contributed by atoms with E-state index >= 15 is 0 Å². The highest BCUT2D eigenvalue weighted by Gasteiger charge is 2.16. The molecule has 0 bridgehead atoms. The monoisotopic (exact) mass is 390 g/mol. The smallest absolute Gasteiger partial charge is 0.277 e. The van der Waals surface area contributed by atoms with Crippen molar-refractivity contribution in [2.24, 2.45) is 0 Å². The Hall–Kier alpha value is -3.81. The number of amides is 1. The number of anilines is 1. The third-order valence-corrected chi connectivity index (χ3v) is 4.98. The topological polar surface area (TPSA) is 86.9 Å². The quantitative estimate of drug-likeness (QED) is 0.581. The van der Waals surface area contributed by atoms with E-state index in [1.54, 1.807) is 57.7 Å². The van der Waals surface area contributed by atoms with Gasteiger partial charge in [0.15, 0.2) is 11.5 Å². The molecule has 2 aromatic carbocycles. The summed E-state index contributed by atoms with van der Waals surface area (Å²) < 4.78 is 14.3. The summed E-state index contributed by atoms with van der Waals surface area (Å²) in [6, 6.07) is 12.2. The van der Waals surface area contributed by atoms with Crippen LogP contribution < -0.4 is 20.3 Å². The van der Waals surface area contributed by atoms with Gasteiger partial charge in [0.1, 0.15) is 18.7 Å². The molecule has 5 rings (SSSR count). The van der Waals surface area contributed by atoms with Crippen LogP contribution in [-0.4, -0.2) is 33.3 Å². The van der Waals surface area contributed by atoms with E-state index < -0.39 is 0 Å². The van der Waals surface area contributed by atoms with E-state index in [0.29, 0.717) is 53.5 Å². The molecule has 8 nitrogen and oxygen atoms in total. The van der Waals surface area contributed by atoms with Crippen molar-refractivity contribution in [3.05, 3.63) is 64.6 Å². The first-order chi connectivity index (χ1) is 14.2. The van der Waals surface area contributed by atoms with E-state index in [1.807, 2.05) is 6.92 Å². The van der Waals surface area contributed by atoms with Crippen LogP contribution in [0.2, 0.25) is 0 Å². The highest BCUT2D eigenvalue weighted by molar-refractivity contribution is 6.06. The number of carbonyl (C=O) groups excluding carboxylic acids is 1. The number of nitrogens with one attached hydrogen (secondary N) is 1. The van der Waals surface area contributed by atoms with Gasteiger partial charge in [-0.2, -0.15) is 5.10 Å². The molecule has 1 N–H and O–H groups in total. The van der Waals surface area contributed by atoms with Crippen LogP contribution in [0.15, 0.2) is 53.5 Å². The number of hydrogen-bond acceptors (Lipinski definition) is 5. The molecule has 0 aliphatic carbocycles. The molecule has 2 aromatic heterocycles. The van der Waals surface area contributed by atoms with Crippen LogP contribution >= 0.6 is 0 Å². The van der Waals surface area contributed by atoms with E-state index in [9.17, 15) is 9.59 Å². The Balaban J connectivity index is 1.54. The van der Waals surface area contributed by atoms with Crippen molar-refractivity contribution in [1.29, 1.82) is 0 Å². The third-order valence-electron chi connectivity index (χ3n) is 4.98. The molecule has 1 aliphatic rings. The first-order valence-electron chi connectivity index (χ1n) is 9.37. The molecular formula is C21H18N4O4. The van der Waals surface area contributed by atoms with Crippen LogP contribution in [0.1, 0.15) is 17.3 Å². The summed E-state index contributed by atoms with van der Waals surface area (Å²) in [6.07, 6.45) is 1.60. The lowest BCUT2D eigenvalue weighted by Gasteiger charge is -2.19. The van der Waals surface area contributed by atoms with E-state index in [2.05, 4.69) is 10.4 Å². The average molecular weight is 390 g/mol. The molecule has 0 fully saturated rings. The van der Waals surface area contributed by atoms with Crippen LogP contribution in [0.4, 0.5) is 5.69 Å². The molecule has 4 aromatic rings. The lowest BCUT2D eigenvalue weighted by molar-refractivity contribution is 0.102. The van der Waals surface area contributed by atoms with Crippen LogP contribution in [0.5, 0.6) is 11.5 Å². The second-order valence-corrected chi connectivity index (χ2v) is 6.69. The maximum Gasteiger partial charge on any atom is 0.277 e. The van der Waals surface area contributed by atoms with Gasteiger partial charge in [-0.1, -0.05) is 0 Å². The Kier molecular flexibility index (Phi) is 3.97. The van der Waals surface area contributed by atoms with Crippen LogP contribution in [0, 0.1) is 0 Å². The average Bonchev–Trinajstić information content (AvgIpc) is 3.24. The summed E-state index contributed by atoms with van der Waals surface area (Å²) in [4.78, 5) is 25.6. The molecule has 29 heavy (non-hydrogen) atoms. The number of ether oxygens (including phenoxy) is 2. The van der Waals surface area contributed by atoms with Gasteiger partial charge in [-0.15, -0.1) is 0 Å². The van der Waals surface area contributed by atoms with E-state index in [4.69, 9.17) is 9.47 Å². The Morgan fingerprint density at radius 3 is 2.69 bits per heavy atom. The van der Waals surface area contributed by atoms with Crippen molar-refractivity contribution in [2.45, 2.75) is 13.5 Å². The fourth-order valence-corrected chi connectivity index (χ4v) is 3.60. The predicted molar refractivity (Wildman–Crippen MR) is 108 cm³/mol. The summed E-state index contributed by atoms with van der Waals surface area (Å²) in [5.74, 6) is 0.989. The van der Waals surface area contributed by atoms with Crippen LogP contribution in [-0.2, 0) is 6.54 Å². The Labute approximate surface area is 165 Å². The first-order valence-corrected chi connectivity index (χ1v) is 9.37. The zero-order chi connectivity index (χ0) is 20.0. The molecule has 0 atom stereocenters. The molecule has 3 heterocycles. The largest absolute Gasteiger partial charge is 0.486 e. The number of nitrogens with zero attached hydrogens (tertiary/aromatic N) is 3.